The molecule has 8 heteroatoms. The fourth-order valence-corrected chi connectivity index (χ4v) is 3.08. The third kappa shape index (κ3) is 3.56. The number of hydrogen-bond acceptors (Lipinski definition) is 4. The number of aromatic amines is 1. The lowest BCUT2D eigenvalue weighted by Gasteiger charge is -2.14. The standard InChI is InChI=1S/C18H17F2N3O2S/c1-25-9-5-8-23-16-14(17(24)22-18(23)26)12(15(19)20)10-13(21-16)11-6-3-2-4-7-11/h2-4,6-7,10,15H,5,8-9H2,1H3,(H,22,24,26). The van der Waals surface area contributed by atoms with Gasteiger partial charge in [-0.15, -0.1) is 0 Å². The molecule has 1 aromatic carbocycles. The van der Waals surface area contributed by atoms with Crippen LogP contribution in [0.15, 0.2) is 41.2 Å². The minimum Gasteiger partial charge on any atom is -0.385 e. The van der Waals surface area contributed by atoms with E-state index in [1.807, 2.05) is 6.07 Å². The summed E-state index contributed by atoms with van der Waals surface area (Å²) in [7, 11) is 1.57. The van der Waals surface area contributed by atoms with Crippen LogP contribution in [0.2, 0.25) is 0 Å². The van der Waals surface area contributed by atoms with Gasteiger partial charge in [0.05, 0.1) is 11.1 Å². The summed E-state index contributed by atoms with van der Waals surface area (Å²) in [6, 6.07) is 10.2. The number of nitrogens with one attached hydrogen (secondary N) is 1. The Labute approximate surface area is 153 Å². The predicted molar refractivity (Wildman–Crippen MR) is 98.1 cm³/mol. The molecule has 3 rings (SSSR count). The number of benzene rings is 1. The first-order valence-electron chi connectivity index (χ1n) is 8.03. The molecular weight excluding hydrogens is 360 g/mol. The van der Waals surface area contributed by atoms with Gasteiger partial charge < -0.3 is 9.30 Å². The van der Waals surface area contributed by atoms with Crippen molar-refractivity contribution in [1.29, 1.82) is 0 Å². The highest BCUT2D eigenvalue weighted by Gasteiger charge is 2.20. The van der Waals surface area contributed by atoms with Gasteiger partial charge in [0, 0.05) is 31.4 Å². The van der Waals surface area contributed by atoms with Crippen molar-refractivity contribution in [3.05, 3.63) is 57.1 Å². The molecule has 0 saturated carbocycles. The minimum absolute atomic E-state index is 0.134. The van der Waals surface area contributed by atoms with Crippen molar-refractivity contribution in [1.82, 2.24) is 14.5 Å². The van der Waals surface area contributed by atoms with Crippen molar-refractivity contribution in [2.24, 2.45) is 0 Å². The Morgan fingerprint density at radius 3 is 2.69 bits per heavy atom. The van der Waals surface area contributed by atoms with Gasteiger partial charge in [-0.25, -0.2) is 13.8 Å². The molecule has 26 heavy (non-hydrogen) atoms. The molecule has 5 nitrogen and oxygen atoms in total. The molecule has 0 spiro atoms. The van der Waals surface area contributed by atoms with Crippen molar-refractivity contribution < 1.29 is 13.5 Å². The monoisotopic (exact) mass is 377 g/mol. The van der Waals surface area contributed by atoms with Crippen LogP contribution in [0.5, 0.6) is 0 Å². The summed E-state index contributed by atoms with van der Waals surface area (Å²) < 4.78 is 34.1. The minimum atomic E-state index is -2.81. The maximum Gasteiger partial charge on any atom is 0.264 e. The third-order valence-electron chi connectivity index (χ3n) is 4.01. The second-order valence-electron chi connectivity index (χ2n) is 5.72. The Morgan fingerprint density at radius 2 is 2.04 bits per heavy atom. The molecule has 0 aliphatic carbocycles. The van der Waals surface area contributed by atoms with Crippen LogP contribution in [0.4, 0.5) is 8.78 Å². The van der Waals surface area contributed by atoms with E-state index in [1.165, 1.54) is 6.07 Å². The van der Waals surface area contributed by atoms with Crippen molar-refractivity contribution in [2.75, 3.05) is 13.7 Å². The van der Waals surface area contributed by atoms with E-state index in [0.29, 0.717) is 30.8 Å². The second kappa shape index (κ2) is 7.84. The number of rotatable bonds is 6. The normalized spacial score (nSPS) is 11.4. The fourth-order valence-electron chi connectivity index (χ4n) is 2.81. The van der Waals surface area contributed by atoms with Crippen LogP contribution in [-0.2, 0) is 11.3 Å². The lowest BCUT2D eigenvalue weighted by molar-refractivity contribution is 0.153. The number of nitrogens with zero attached hydrogens (tertiary/aromatic N) is 2. The lowest BCUT2D eigenvalue weighted by atomic mass is 10.1. The van der Waals surface area contributed by atoms with Gasteiger partial charge in [0.25, 0.3) is 12.0 Å². The van der Waals surface area contributed by atoms with E-state index in [2.05, 4.69) is 9.97 Å². The zero-order chi connectivity index (χ0) is 18.7. The number of ether oxygens (including phenoxy) is 1. The molecule has 0 bridgehead atoms. The molecule has 0 fully saturated rings. The van der Waals surface area contributed by atoms with Gasteiger partial charge >= 0.3 is 0 Å². The van der Waals surface area contributed by atoms with Crippen LogP contribution in [0.1, 0.15) is 18.4 Å². The van der Waals surface area contributed by atoms with E-state index in [0.717, 1.165) is 0 Å². The molecule has 2 aromatic heterocycles. The summed E-state index contributed by atoms with van der Waals surface area (Å²) in [5.74, 6) is 0. The Kier molecular flexibility index (Phi) is 5.53. The van der Waals surface area contributed by atoms with Crippen molar-refractivity contribution in [2.45, 2.75) is 19.4 Å². The molecule has 0 amide bonds. The zero-order valence-electron chi connectivity index (χ0n) is 14.0. The number of fused-ring (bicyclic) bond motifs is 1. The smallest absolute Gasteiger partial charge is 0.264 e. The van der Waals surface area contributed by atoms with Crippen molar-refractivity contribution >= 4 is 23.3 Å². The second-order valence-corrected chi connectivity index (χ2v) is 6.11. The van der Waals surface area contributed by atoms with Gasteiger partial charge in [-0.1, -0.05) is 30.3 Å². The molecule has 3 aromatic rings. The first-order valence-corrected chi connectivity index (χ1v) is 8.44. The first kappa shape index (κ1) is 18.3. The van der Waals surface area contributed by atoms with Crippen LogP contribution in [-0.4, -0.2) is 28.3 Å². The maximum atomic E-state index is 13.7. The average molecular weight is 377 g/mol. The predicted octanol–water partition coefficient (Wildman–Crippen LogP) is 4.10. The van der Waals surface area contributed by atoms with E-state index < -0.39 is 12.0 Å². The molecule has 0 atom stereocenters. The molecule has 0 aliphatic rings. The molecule has 2 heterocycles. The molecule has 0 aliphatic heterocycles. The Balaban J connectivity index is 2.32. The van der Waals surface area contributed by atoms with E-state index in [-0.39, 0.29) is 21.4 Å². The highest BCUT2D eigenvalue weighted by atomic mass is 32.1. The van der Waals surface area contributed by atoms with Gasteiger partial charge in [-0.05, 0) is 24.7 Å². The van der Waals surface area contributed by atoms with Gasteiger partial charge in [0.1, 0.15) is 5.65 Å². The van der Waals surface area contributed by atoms with E-state index in [1.54, 1.807) is 35.9 Å². The molecular formula is C18H17F2N3O2S. The number of aromatic nitrogens is 3. The number of hydrogen-bond donors (Lipinski definition) is 1. The van der Waals surface area contributed by atoms with Crippen LogP contribution < -0.4 is 5.56 Å². The fraction of sp³-hybridized carbons (Fsp3) is 0.278. The number of methoxy groups -OCH3 is 1. The van der Waals surface area contributed by atoms with Gasteiger partial charge in [-0.3, -0.25) is 9.78 Å². The summed E-state index contributed by atoms with van der Waals surface area (Å²) in [5.41, 5.74) is 0.201. The van der Waals surface area contributed by atoms with Crippen molar-refractivity contribution in [3.63, 3.8) is 0 Å². The highest BCUT2D eigenvalue weighted by molar-refractivity contribution is 7.71. The topological polar surface area (TPSA) is 59.9 Å². The van der Waals surface area contributed by atoms with Crippen LogP contribution in [0.25, 0.3) is 22.3 Å². The molecule has 0 radical (unpaired) electrons. The lowest BCUT2D eigenvalue weighted by Crippen LogP contribution is -2.18. The molecule has 136 valence electrons. The number of H-pyrrole nitrogens is 1. The Bertz CT molecular complexity index is 1030. The largest absolute Gasteiger partial charge is 0.385 e. The van der Waals surface area contributed by atoms with Crippen LogP contribution in [0, 0.1) is 4.77 Å². The summed E-state index contributed by atoms with van der Waals surface area (Å²) in [6.45, 7) is 0.871. The molecule has 0 saturated heterocycles. The van der Waals surface area contributed by atoms with Crippen LogP contribution in [0.3, 0.4) is 0 Å². The first-order chi connectivity index (χ1) is 12.5. The summed E-state index contributed by atoms with van der Waals surface area (Å²) in [5, 5.41) is -0.134. The Hall–Kier alpha value is -2.45. The molecule has 0 unspecified atom stereocenters. The number of aryl methyl sites for hydroxylation is 1. The highest BCUT2D eigenvalue weighted by Crippen LogP contribution is 2.29. The third-order valence-corrected chi connectivity index (χ3v) is 4.34. The summed E-state index contributed by atoms with van der Waals surface area (Å²) in [4.78, 5) is 19.3. The van der Waals surface area contributed by atoms with Gasteiger partial charge in [0.2, 0.25) is 0 Å². The summed E-state index contributed by atoms with van der Waals surface area (Å²) >= 11 is 5.22. The quantitative estimate of drug-likeness (QED) is 0.519. The van der Waals surface area contributed by atoms with Crippen LogP contribution >= 0.6 is 12.2 Å². The summed E-state index contributed by atoms with van der Waals surface area (Å²) in [6.07, 6.45) is -2.21. The van der Waals surface area contributed by atoms with Gasteiger partial charge in [0.15, 0.2) is 4.77 Å². The Morgan fingerprint density at radius 1 is 1.31 bits per heavy atom. The average Bonchev–Trinajstić information content (AvgIpc) is 2.64. The maximum absolute atomic E-state index is 13.7. The van der Waals surface area contributed by atoms with Crippen molar-refractivity contribution in [3.8, 4) is 11.3 Å². The van der Waals surface area contributed by atoms with E-state index in [9.17, 15) is 13.6 Å². The van der Waals surface area contributed by atoms with E-state index >= 15 is 0 Å². The zero-order valence-corrected chi connectivity index (χ0v) is 14.9. The SMILES string of the molecule is COCCCn1c(=S)[nH]c(=O)c2c(C(F)F)cc(-c3ccccc3)nc21. The molecule has 1 N–H and O–H groups in total. The van der Waals surface area contributed by atoms with Gasteiger partial charge in [-0.2, -0.15) is 0 Å². The van der Waals surface area contributed by atoms with E-state index in [4.69, 9.17) is 17.0 Å². The number of halogens is 2. The number of pyridine rings is 1. The number of alkyl halides is 2.